The van der Waals surface area contributed by atoms with Crippen molar-refractivity contribution in [1.82, 2.24) is 14.9 Å². The van der Waals surface area contributed by atoms with Gasteiger partial charge in [0.1, 0.15) is 0 Å². The van der Waals surface area contributed by atoms with E-state index >= 15 is 0 Å². The van der Waals surface area contributed by atoms with E-state index in [2.05, 4.69) is 14.9 Å². The van der Waals surface area contributed by atoms with E-state index < -0.39 is 0 Å². The minimum absolute atomic E-state index is 0.0143. The Bertz CT molecular complexity index is 690. The largest absolute Gasteiger partial charge is 0.337 e. The molecular formula is C16H17ClN4OS. The van der Waals surface area contributed by atoms with Crippen LogP contribution in [-0.4, -0.2) is 53.2 Å². The monoisotopic (exact) mass is 348 g/mol. The lowest BCUT2D eigenvalue weighted by Gasteiger charge is -2.34. The molecule has 1 fully saturated rings. The van der Waals surface area contributed by atoms with Crippen molar-refractivity contribution in [3.05, 3.63) is 47.2 Å². The first-order chi connectivity index (χ1) is 11.2. The molecule has 2 heterocycles. The lowest BCUT2D eigenvalue weighted by molar-refractivity contribution is 0.0746. The maximum absolute atomic E-state index is 12.7. The summed E-state index contributed by atoms with van der Waals surface area (Å²) in [4.78, 5) is 26.2. The first kappa shape index (κ1) is 16.1. The van der Waals surface area contributed by atoms with Crippen LogP contribution >= 0.6 is 23.4 Å². The number of carbonyl (C=O) groups is 1. The molecule has 1 aromatic carbocycles. The van der Waals surface area contributed by atoms with Gasteiger partial charge in [-0.1, -0.05) is 11.6 Å². The van der Waals surface area contributed by atoms with Gasteiger partial charge in [-0.3, -0.25) is 4.79 Å². The van der Waals surface area contributed by atoms with Crippen molar-refractivity contribution in [3.8, 4) is 0 Å². The zero-order valence-corrected chi connectivity index (χ0v) is 14.3. The average molecular weight is 349 g/mol. The third kappa shape index (κ3) is 3.59. The molecule has 0 spiro atoms. The number of hydrogen-bond donors (Lipinski definition) is 0. The fourth-order valence-electron chi connectivity index (χ4n) is 2.53. The van der Waals surface area contributed by atoms with Crippen molar-refractivity contribution in [2.24, 2.45) is 0 Å². The van der Waals surface area contributed by atoms with Crippen molar-refractivity contribution < 1.29 is 4.79 Å². The first-order valence-electron chi connectivity index (χ1n) is 7.34. The van der Waals surface area contributed by atoms with Crippen LogP contribution in [0.3, 0.4) is 0 Å². The molecule has 1 amide bonds. The Kier molecular flexibility index (Phi) is 5.03. The van der Waals surface area contributed by atoms with E-state index in [1.807, 2.05) is 23.3 Å². The van der Waals surface area contributed by atoms with Gasteiger partial charge in [0.15, 0.2) is 0 Å². The van der Waals surface area contributed by atoms with Crippen LogP contribution in [0.1, 0.15) is 10.4 Å². The lowest BCUT2D eigenvalue weighted by atomic mass is 10.2. The smallest absolute Gasteiger partial charge is 0.255 e. The summed E-state index contributed by atoms with van der Waals surface area (Å²) in [6, 6.07) is 7.37. The molecule has 0 radical (unpaired) electrons. The molecule has 1 aliphatic rings. The van der Waals surface area contributed by atoms with Crippen molar-refractivity contribution in [2.75, 3.05) is 37.3 Å². The summed E-state index contributed by atoms with van der Waals surface area (Å²) >= 11 is 7.80. The topological polar surface area (TPSA) is 49.3 Å². The summed E-state index contributed by atoms with van der Waals surface area (Å²) in [6.07, 6.45) is 5.44. The van der Waals surface area contributed by atoms with Crippen LogP contribution in [0.4, 0.5) is 5.95 Å². The Morgan fingerprint density at radius 3 is 2.52 bits per heavy atom. The van der Waals surface area contributed by atoms with Crippen LogP contribution in [0.15, 0.2) is 41.6 Å². The summed E-state index contributed by atoms with van der Waals surface area (Å²) in [5, 5.41) is 0.502. The molecule has 3 rings (SSSR count). The molecule has 1 saturated heterocycles. The zero-order valence-electron chi connectivity index (χ0n) is 12.8. The van der Waals surface area contributed by atoms with Gasteiger partial charge in [-0.05, 0) is 30.5 Å². The summed E-state index contributed by atoms with van der Waals surface area (Å²) in [6.45, 7) is 2.71. The molecule has 0 N–H and O–H groups in total. The molecular weight excluding hydrogens is 332 g/mol. The van der Waals surface area contributed by atoms with Crippen molar-refractivity contribution in [2.45, 2.75) is 4.90 Å². The number of halogens is 1. The number of rotatable bonds is 3. The van der Waals surface area contributed by atoms with Gasteiger partial charge >= 0.3 is 0 Å². The molecule has 5 nitrogen and oxygen atoms in total. The molecule has 23 heavy (non-hydrogen) atoms. The maximum Gasteiger partial charge on any atom is 0.255 e. The second-order valence-electron chi connectivity index (χ2n) is 5.17. The number of anilines is 1. The fraction of sp³-hybridized carbons (Fsp3) is 0.312. The minimum atomic E-state index is -0.0143. The van der Waals surface area contributed by atoms with E-state index in [0.29, 0.717) is 29.6 Å². The minimum Gasteiger partial charge on any atom is -0.337 e. The number of benzene rings is 1. The second-order valence-corrected chi connectivity index (χ2v) is 6.46. The summed E-state index contributed by atoms with van der Waals surface area (Å²) in [7, 11) is 0. The summed E-state index contributed by atoms with van der Waals surface area (Å²) < 4.78 is 0. The quantitative estimate of drug-likeness (QED) is 0.798. The molecule has 0 bridgehead atoms. The van der Waals surface area contributed by atoms with Crippen LogP contribution < -0.4 is 4.90 Å². The third-order valence-corrected chi connectivity index (χ3v) is 4.86. The molecule has 0 unspecified atom stereocenters. The van der Waals surface area contributed by atoms with E-state index in [-0.39, 0.29) is 5.91 Å². The Labute approximate surface area is 144 Å². The molecule has 7 heteroatoms. The van der Waals surface area contributed by atoms with Gasteiger partial charge in [-0.25, -0.2) is 9.97 Å². The van der Waals surface area contributed by atoms with E-state index in [1.54, 1.807) is 36.3 Å². The standard InChI is InChI=1S/C16H17ClN4OS/c1-23-12-3-4-14(17)13(11-12)15(22)20-7-9-21(10-8-20)16-18-5-2-6-19-16/h2-6,11H,7-10H2,1H3. The van der Waals surface area contributed by atoms with Gasteiger partial charge in [0.2, 0.25) is 5.95 Å². The van der Waals surface area contributed by atoms with Crippen LogP contribution in [0.25, 0.3) is 0 Å². The highest BCUT2D eigenvalue weighted by atomic mass is 35.5. The van der Waals surface area contributed by atoms with E-state index in [0.717, 1.165) is 18.0 Å². The number of piperazine rings is 1. The lowest BCUT2D eigenvalue weighted by Crippen LogP contribution is -2.49. The highest BCUT2D eigenvalue weighted by Crippen LogP contribution is 2.24. The number of aromatic nitrogens is 2. The Hall–Kier alpha value is -1.79. The summed E-state index contributed by atoms with van der Waals surface area (Å²) in [5.41, 5.74) is 0.572. The molecule has 2 aromatic rings. The number of nitrogens with zero attached hydrogens (tertiary/aromatic N) is 4. The number of carbonyl (C=O) groups excluding carboxylic acids is 1. The SMILES string of the molecule is CSc1ccc(Cl)c(C(=O)N2CCN(c3ncccn3)CC2)c1. The molecule has 0 aliphatic carbocycles. The summed E-state index contributed by atoms with van der Waals surface area (Å²) in [5.74, 6) is 0.696. The fourth-order valence-corrected chi connectivity index (χ4v) is 3.17. The van der Waals surface area contributed by atoms with Crippen molar-refractivity contribution in [1.29, 1.82) is 0 Å². The molecule has 1 aromatic heterocycles. The van der Waals surface area contributed by atoms with Crippen molar-refractivity contribution >= 4 is 35.2 Å². The normalized spacial score (nSPS) is 14.9. The maximum atomic E-state index is 12.7. The highest BCUT2D eigenvalue weighted by Gasteiger charge is 2.24. The van der Waals surface area contributed by atoms with Gasteiger partial charge in [0.05, 0.1) is 10.6 Å². The number of thioether (sulfide) groups is 1. The Balaban J connectivity index is 1.69. The van der Waals surface area contributed by atoms with Gasteiger partial charge in [-0.2, -0.15) is 0 Å². The Morgan fingerprint density at radius 2 is 1.87 bits per heavy atom. The van der Waals surface area contributed by atoms with Gasteiger partial charge in [-0.15, -0.1) is 11.8 Å². The molecule has 1 aliphatic heterocycles. The molecule has 0 saturated carbocycles. The average Bonchev–Trinajstić information content (AvgIpc) is 2.62. The predicted molar refractivity (Wildman–Crippen MR) is 93.4 cm³/mol. The van der Waals surface area contributed by atoms with E-state index in [9.17, 15) is 4.79 Å². The Morgan fingerprint density at radius 1 is 1.17 bits per heavy atom. The zero-order chi connectivity index (χ0) is 16.2. The van der Waals surface area contributed by atoms with Crippen molar-refractivity contribution in [3.63, 3.8) is 0 Å². The van der Waals surface area contributed by atoms with E-state index in [1.165, 1.54) is 0 Å². The van der Waals surface area contributed by atoms with E-state index in [4.69, 9.17) is 11.6 Å². The predicted octanol–water partition coefficient (Wildman–Crippen LogP) is 2.81. The second kappa shape index (κ2) is 7.19. The number of amides is 1. The van der Waals surface area contributed by atoms with Crippen LogP contribution in [0.2, 0.25) is 5.02 Å². The van der Waals surface area contributed by atoms with Gasteiger partial charge < -0.3 is 9.80 Å². The van der Waals surface area contributed by atoms with Crippen LogP contribution in [0.5, 0.6) is 0 Å². The highest BCUT2D eigenvalue weighted by molar-refractivity contribution is 7.98. The van der Waals surface area contributed by atoms with Crippen LogP contribution in [-0.2, 0) is 0 Å². The third-order valence-electron chi connectivity index (χ3n) is 3.81. The van der Waals surface area contributed by atoms with Gasteiger partial charge in [0, 0.05) is 43.5 Å². The van der Waals surface area contributed by atoms with Crippen LogP contribution in [0, 0.1) is 0 Å². The first-order valence-corrected chi connectivity index (χ1v) is 8.94. The number of hydrogen-bond acceptors (Lipinski definition) is 5. The molecule has 0 atom stereocenters. The molecule has 120 valence electrons. The van der Waals surface area contributed by atoms with Gasteiger partial charge in [0.25, 0.3) is 5.91 Å².